The van der Waals surface area contributed by atoms with Crippen LogP contribution in [0.15, 0.2) is 23.2 Å². The highest BCUT2D eigenvalue weighted by Gasteiger charge is 2.21. The molecule has 1 aromatic rings. The average Bonchev–Trinajstić information content (AvgIpc) is 3.44. The lowest BCUT2D eigenvalue weighted by Gasteiger charge is -2.34. The first-order chi connectivity index (χ1) is 12.2. The molecule has 0 aromatic carbocycles. The number of piperidine rings is 1. The molecule has 1 saturated carbocycles. The van der Waals surface area contributed by atoms with E-state index in [2.05, 4.69) is 52.6 Å². The van der Waals surface area contributed by atoms with Crippen LogP contribution in [-0.2, 0) is 0 Å². The van der Waals surface area contributed by atoms with Gasteiger partial charge in [-0.05, 0) is 57.6 Å². The van der Waals surface area contributed by atoms with E-state index in [1.54, 1.807) is 0 Å². The molecule has 1 aromatic heterocycles. The second-order valence-corrected chi connectivity index (χ2v) is 7.39. The van der Waals surface area contributed by atoms with E-state index < -0.39 is 0 Å². The van der Waals surface area contributed by atoms with Crippen molar-refractivity contribution in [3.05, 3.63) is 23.9 Å². The summed E-state index contributed by atoms with van der Waals surface area (Å²) < 4.78 is 0. The number of hydrogen-bond donors (Lipinski definition) is 2. The lowest BCUT2D eigenvalue weighted by atomic mass is 10.1. The minimum absolute atomic E-state index is 0.502. The summed E-state index contributed by atoms with van der Waals surface area (Å²) >= 11 is 0. The summed E-state index contributed by atoms with van der Waals surface area (Å²) in [6, 6.07) is 6.77. The molecule has 1 saturated heterocycles. The first kappa shape index (κ1) is 18.0. The molecule has 0 atom stereocenters. The van der Waals surface area contributed by atoms with Crippen molar-refractivity contribution in [2.24, 2.45) is 10.9 Å². The lowest BCUT2D eigenvalue weighted by molar-refractivity contribution is 0.459. The van der Waals surface area contributed by atoms with Crippen LogP contribution in [0.3, 0.4) is 0 Å². The molecule has 138 valence electrons. The van der Waals surface area contributed by atoms with Crippen molar-refractivity contribution in [2.75, 3.05) is 31.1 Å². The molecule has 2 heterocycles. The number of anilines is 1. The van der Waals surface area contributed by atoms with E-state index in [9.17, 15) is 0 Å². The smallest absolute Gasteiger partial charge is 0.191 e. The Balaban J connectivity index is 1.44. The fraction of sp³-hybridized carbons (Fsp3) is 0.700. The van der Waals surface area contributed by atoms with Gasteiger partial charge in [-0.15, -0.1) is 0 Å². The highest BCUT2D eigenvalue weighted by atomic mass is 15.2. The van der Waals surface area contributed by atoms with Gasteiger partial charge in [0.15, 0.2) is 5.96 Å². The number of guanidine groups is 1. The Morgan fingerprint density at radius 3 is 2.72 bits per heavy atom. The zero-order chi connectivity index (χ0) is 17.5. The Labute approximate surface area is 152 Å². The number of nitrogens with one attached hydrogen (secondary N) is 2. The third kappa shape index (κ3) is 5.91. The zero-order valence-electron chi connectivity index (χ0n) is 15.8. The second-order valence-electron chi connectivity index (χ2n) is 7.39. The van der Waals surface area contributed by atoms with Crippen LogP contribution in [0.4, 0.5) is 5.82 Å². The van der Waals surface area contributed by atoms with E-state index in [0.29, 0.717) is 6.04 Å². The Hall–Kier alpha value is -1.78. The van der Waals surface area contributed by atoms with Gasteiger partial charge < -0.3 is 15.5 Å². The molecular formula is C20H33N5. The molecule has 1 aliphatic heterocycles. The molecule has 2 aliphatic rings. The van der Waals surface area contributed by atoms with Crippen LogP contribution >= 0.6 is 0 Å². The highest BCUT2D eigenvalue weighted by molar-refractivity contribution is 5.80. The van der Waals surface area contributed by atoms with Gasteiger partial charge in [0.1, 0.15) is 5.82 Å². The summed E-state index contributed by atoms with van der Waals surface area (Å²) in [5.41, 5.74) is 1.09. The molecule has 0 bridgehead atoms. The van der Waals surface area contributed by atoms with E-state index >= 15 is 0 Å². The van der Waals surface area contributed by atoms with Gasteiger partial charge in [0.05, 0.1) is 0 Å². The van der Waals surface area contributed by atoms with E-state index in [0.717, 1.165) is 62.4 Å². The number of hydrogen-bond acceptors (Lipinski definition) is 3. The van der Waals surface area contributed by atoms with Gasteiger partial charge in [-0.2, -0.15) is 0 Å². The third-order valence-corrected chi connectivity index (χ3v) is 5.11. The summed E-state index contributed by atoms with van der Waals surface area (Å²) in [7, 11) is 0. The molecule has 25 heavy (non-hydrogen) atoms. The standard InChI is InChI=1S/C20H33N5/c1-3-21-20(22-13-5-7-17-9-10-17)24-18-11-14-25(15-12-18)19-8-4-6-16(2)23-19/h4,6,8,17-18H,3,5,7,9-15H2,1-2H3,(H2,21,22,24). The summed E-state index contributed by atoms with van der Waals surface area (Å²) in [5.74, 6) is 3.11. The van der Waals surface area contributed by atoms with Gasteiger partial charge in [0, 0.05) is 37.9 Å². The lowest BCUT2D eigenvalue weighted by Crippen LogP contribution is -2.49. The molecule has 0 radical (unpaired) electrons. The van der Waals surface area contributed by atoms with Crippen molar-refractivity contribution >= 4 is 11.8 Å². The van der Waals surface area contributed by atoms with Gasteiger partial charge in [0.2, 0.25) is 0 Å². The van der Waals surface area contributed by atoms with Crippen LogP contribution in [0.5, 0.6) is 0 Å². The van der Waals surface area contributed by atoms with E-state index in [1.165, 1.54) is 25.7 Å². The Morgan fingerprint density at radius 1 is 1.24 bits per heavy atom. The van der Waals surface area contributed by atoms with Crippen LogP contribution in [0.2, 0.25) is 0 Å². The minimum Gasteiger partial charge on any atom is -0.357 e. The van der Waals surface area contributed by atoms with E-state index in [-0.39, 0.29) is 0 Å². The van der Waals surface area contributed by atoms with Crippen molar-refractivity contribution in [3.8, 4) is 0 Å². The van der Waals surface area contributed by atoms with Gasteiger partial charge in [0.25, 0.3) is 0 Å². The number of aliphatic imine (C=N–C) groups is 1. The maximum Gasteiger partial charge on any atom is 0.191 e. The summed E-state index contributed by atoms with van der Waals surface area (Å²) in [4.78, 5) is 11.8. The number of rotatable bonds is 7. The Morgan fingerprint density at radius 2 is 2.04 bits per heavy atom. The first-order valence-electron chi connectivity index (χ1n) is 9.98. The zero-order valence-corrected chi connectivity index (χ0v) is 15.8. The molecule has 5 heteroatoms. The van der Waals surface area contributed by atoms with Crippen LogP contribution in [-0.4, -0.2) is 43.2 Å². The number of pyridine rings is 1. The van der Waals surface area contributed by atoms with Gasteiger partial charge in [-0.1, -0.05) is 18.9 Å². The minimum atomic E-state index is 0.502. The van der Waals surface area contributed by atoms with Crippen LogP contribution in [0.1, 0.15) is 51.1 Å². The Kier molecular flexibility index (Phi) is 6.54. The molecule has 3 rings (SSSR count). The quantitative estimate of drug-likeness (QED) is 0.454. The summed E-state index contributed by atoms with van der Waals surface area (Å²) in [6.45, 7) is 8.15. The number of aromatic nitrogens is 1. The fourth-order valence-electron chi connectivity index (χ4n) is 3.45. The topological polar surface area (TPSA) is 52.6 Å². The molecule has 0 amide bonds. The van der Waals surface area contributed by atoms with Crippen molar-refractivity contribution in [3.63, 3.8) is 0 Å². The highest BCUT2D eigenvalue weighted by Crippen LogP contribution is 2.33. The SMILES string of the molecule is CCNC(=NCCCC1CC1)NC1CCN(c2cccc(C)n2)CC1. The monoisotopic (exact) mass is 343 g/mol. The largest absolute Gasteiger partial charge is 0.357 e. The predicted octanol–water partition coefficient (Wildman–Crippen LogP) is 3.10. The molecule has 0 spiro atoms. The predicted molar refractivity (Wildman–Crippen MR) is 105 cm³/mol. The average molecular weight is 344 g/mol. The fourth-order valence-corrected chi connectivity index (χ4v) is 3.45. The summed E-state index contributed by atoms with van der Waals surface area (Å²) in [6.07, 6.45) is 7.71. The third-order valence-electron chi connectivity index (χ3n) is 5.11. The molecule has 5 nitrogen and oxygen atoms in total. The molecular weight excluding hydrogens is 310 g/mol. The van der Waals surface area contributed by atoms with Crippen LogP contribution < -0.4 is 15.5 Å². The number of aryl methyl sites for hydroxylation is 1. The van der Waals surface area contributed by atoms with Crippen molar-refractivity contribution in [1.82, 2.24) is 15.6 Å². The van der Waals surface area contributed by atoms with Crippen LogP contribution in [0.25, 0.3) is 0 Å². The van der Waals surface area contributed by atoms with Crippen LogP contribution in [0, 0.1) is 12.8 Å². The van der Waals surface area contributed by atoms with E-state index in [1.807, 2.05) is 0 Å². The summed E-state index contributed by atoms with van der Waals surface area (Å²) in [5, 5.41) is 7.03. The van der Waals surface area contributed by atoms with Crippen molar-refractivity contribution in [2.45, 2.75) is 58.4 Å². The number of nitrogens with zero attached hydrogens (tertiary/aromatic N) is 3. The molecule has 2 fully saturated rings. The molecule has 1 aliphatic carbocycles. The van der Waals surface area contributed by atoms with Crippen molar-refractivity contribution < 1.29 is 0 Å². The maximum absolute atomic E-state index is 4.76. The van der Waals surface area contributed by atoms with E-state index in [4.69, 9.17) is 4.99 Å². The maximum atomic E-state index is 4.76. The van der Waals surface area contributed by atoms with Gasteiger partial charge in [-0.3, -0.25) is 4.99 Å². The van der Waals surface area contributed by atoms with Gasteiger partial charge in [-0.25, -0.2) is 4.98 Å². The molecule has 0 unspecified atom stereocenters. The molecule has 2 N–H and O–H groups in total. The normalized spacial score (nSPS) is 19.1. The van der Waals surface area contributed by atoms with Gasteiger partial charge >= 0.3 is 0 Å². The first-order valence-corrected chi connectivity index (χ1v) is 9.98. The Bertz CT molecular complexity index is 559. The van der Waals surface area contributed by atoms with Crippen molar-refractivity contribution in [1.29, 1.82) is 0 Å². The second kappa shape index (κ2) is 9.07.